The van der Waals surface area contributed by atoms with Crippen LogP contribution in [0.15, 0.2) is 35.4 Å². The zero-order valence-corrected chi connectivity index (χ0v) is 6.01. The molecule has 0 radical (unpaired) electrons. The van der Waals surface area contributed by atoms with Crippen LogP contribution >= 0.6 is 15.9 Å². The molecule has 0 heterocycles. The first-order valence-electron chi connectivity index (χ1n) is 2.55. The molecule has 0 spiro atoms. The van der Waals surface area contributed by atoms with Crippen LogP contribution in [0.5, 0.6) is 0 Å². The second kappa shape index (κ2) is 2.88. The standard InChI is InChI=1S/C7H7Br/c8-6-5-7-3-1-2-4-7/h1-7H/b6-5-. The van der Waals surface area contributed by atoms with E-state index in [-0.39, 0.29) is 0 Å². The lowest BCUT2D eigenvalue weighted by atomic mass is 10.2. The van der Waals surface area contributed by atoms with Crippen LogP contribution in [-0.2, 0) is 0 Å². The predicted molar refractivity (Wildman–Crippen MR) is 39.8 cm³/mol. The lowest BCUT2D eigenvalue weighted by Crippen LogP contribution is -1.77. The summed E-state index contributed by atoms with van der Waals surface area (Å²) < 4.78 is 0. The Morgan fingerprint density at radius 3 is 2.38 bits per heavy atom. The Bertz CT molecular complexity index is 130. The smallest absolute Gasteiger partial charge is 0.0141 e. The van der Waals surface area contributed by atoms with E-state index in [1.165, 1.54) is 0 Å². The number of rotatable bonds is 1. The fourth-order valence-electron chi connectivity index (χ4n) is 0.661. The third-order valence-corrected chi connectivity index (χ3v) is 1.38. The van der Waals surface area contributed by atoms with Crippen molar-refractivity contribution >= 4 is 15.9 Å². The molecule has 0 amide bonds. The summed E-state index contributed by atoms with van der Waals surface area (Å²) in [6.07, 6.45) is 10.5. The molecule has 0 bridgehead atoms. The van der Waals surface area contributed by atoms with Crippen LogP contribution < -0.4 is 0 Å². The van der Waals surface area contributed by atoms with E-state index in [1.807, 2.05) is 4.99 Å². The molecule has 0 N–H and O–H groups in total. The van der Waals surface area contributed by atoms with Crippen molar-refractivity contribution in [1.82, 2.24) is 0 Å². The molecule has 0 saturated heterocycles. The molecule has 0 unspecified atom stereocenters. The first kappa shape index (κ1) is 5.83. The largest absolute Gasteiger partial charge is 0.0738 e. The summed E-state index contributed by atoms with van der Waals surface area (Å²) in [7, 11) is 0. The molecule has 1 aliphatic carbocycles. The Kier molecular flexibility index (Phi) is 2.10. The van der Waals surface area contributed by atoms with Gasteiger partial charge in [-0.25, -0.2) is 0 Å². The number of halogens is 1. The summed E-state index contributed by atoms with van der Waals surface area (Å²) in [5, 5.41) is 0. The molecule has 0 atom stereocenters. The molecule has 42 valence electrons. The van der Waals surface area contributed by atoms with E-state index in [4.69, 9.17) is 0 Å². The zero-order valence-electron chi connectivity index (χ0n) is 4.42. The highest BCUT2D eigenvalue weighted by Crippen LogP contribution is 2.10. The Hall–Kier alpha value is -0.300. The molecule has 0 aromatic rings. The number of hydrogen-bond donors (Lipinski definition) is 0. The second-order valence-corrected chi connectivity index (χ2v) is 2.19. The molecule has 0 aliphatic heterocycles. The molecule has 0 aromatic carbocycles. The van der Waals surface area contributed by atoms with Gasteiger partial charge in [0.1, 0.15) is 0 Å². The van der Waals surface area contributed by atoms with Gasteiger partial charge in [-0.05, 0) is 4.99 Å². The van der Waals surface area contributed by atoms with Crippen LogP contribution in [0, 0.1) is 5.92 Å². The van der Waals surface area contributed by atoms with Gasteiger partial charge in [-0.2, -0.15) is 0 Å². The van der Waals surface area contributed by atoms with E-state index >= 15 is 0 Å². The SMILES string of the molecule is Br/C=C\C1C=CC=C1. The summed E-state index contributed by atoms with van der Waals surface area (Å²) in [5.74, 6) is 0.523. The van der Waals surface area contributed by atoms with Crippen molar-refractivity contribution in [2.24, 2.45) is 5.92 Å². The second-order valence-electron chi connectivity index (χ2n) is 1.67. The van der Waals surface area contributed by atoms with Crippen LogP contribution in [0.3, 0.4) is 0 Å². The van der Waals surface area contributed by atoms with Gasteiger partial charge in [-0.15, -0.1) is 0 Å². The third-order valence-electron chi connectivity index (χ3n) is 1.07. The fourth-order valence-corrected chi connectivity index (χ4v) is 1.01. The minimum Gasteiger partial charge on any atom is -0.0738 e. The minimum atomic E-state index is 0.523. The van der Waals surface area contributed by atoms with E-state index in [2.05, 4.69) is 46.3 Å². The molecule has 0 aromatic heterocycles. The highest BCUT2D eigenvalue weighted by Gasteiger charge is 1.94. The normalized spacial score (nSPS) is 19.1. The molecular formula is C7H7Br. The molecule has 1 aliphatic rings. The van der Waals surface area contributed by atoms with Crippen molar-refractivity contribution in [1.29, 1.82) is 0 Å². The van der Waals surface area contributed by atoms with E-state index in [9.17, 15) is 0 Å². The summed E-state index contributed by atoms with van der Waals surface area (Å²) in [4.78, 5) is 1.89. The van der Waals surface area contributed by atoms with Crippen molar-refractivity contribution in [2.75, 3.05) is 0 Å². The summed E-state index contributed by atoms with van der Waals surface area (Å²) >= 11 is 3.21. The lowest BCUT2D eigenvalue weighted by Gasteiger charge is -1.89. The first-order valence-corrected chi connectivity index (χ1v) is 3.47. The van der Waals surface area contributed by atoms with Crippen molar-refractivity contribution in [3.8, 4) is 0 Å². The Balaban J connectivity index is 2.49. The monoisotopic (exact) mass is 170 g/mol. The van der Waals surface area contributed by atoms with Gasteiger partial charge in [0.15, 0.2) is 0 Å². The van der Waals surface area contributed by atoms with Crippen molar-refractivity contribution in [3.63, 3.8) is 0 Å². The molecule has 1 heteroatoms. The van der Waals surface area contributed by atoms with Gasteiger partial charge in [-0.3, -0.25) is 0 Å². The van der Waals surface area contributed by atoms with Gasteiger partial charge in [-0.1, -0.05) is 46.3 Å². The highest BCUT2D eigenvalue weighted by molar-refractivity contribution is 9.11. The highest BCUT2D eigenvalue weighted by atomic mass is 79.9. The first-order chi connectivity index (χ1) is 3.93. The maximum Gasteiger partial charge on any atom is 0.0141 e. The van der Waals surface area contributed by atoms with E-state index in [1.54, 1.807) is 0 Å². The van der Waals surface area contributed by atoms with Crippen LogP contribution in [0.2, 0.25) is 0 Å². The summed E-state index contributed by atoms with van der Waals surface area (Å²) in [5.41, 5.74) is 0. The molecular weight excluding hydrogens is 164 g/mol. The Morgan fingerprint density at radius 1 is 1.25 bits per heavy atom. The fraction of sp³-hybridized carbons (Fsp3) is 0.143. The predicted octanol–water partition coefficient (Wildman–Crippen LogP) is 2.64. The van der Waals surface area contributed by atoms with E-state index < -0.39 is 0 Å². The van der Waals surface area contributed by atoms with Crippen LogP contribution in [0.4, 0.5) is 0 Å². The van der Waals surface area contributed by atoms with Gasteiger partial charge in [0.2, 0.25) is 0 Å². The molecule has 0 fully saturated rings. The van der Waals surface area contributed by atoms with Gasteiger partial charge in [0, 0.05) is 5.92 Å². The van der Waals surface area contributed by atoms with Gasteiger partial charge in [0.05, 0.1) is 0 Å². The Labute approximate surface area is 57.7 Å². The molecule has 8 heavy (non-hydrogen) atoms. The maximum absolute atomic E-state index is 3.21. The van der Waals surface area contributed by atoms with Crippen LogP contribution in [0.1, 0.15) is 0 Å². The van der Waals surface area contributed by atoms with Gasteiger partial charge in [0.25, 0.3) is 0 Å². The summed E-state index contributed by atoms with van der Waals surface area (Å²) in [6.45, 7) is 0. The maximum atomic E-state index is 3.21. The minimum absolute atomic E-state index is 0.523. The number of hydrogen-bond acceptors (Lipinski definition) is 0. The molecule has 0 saturated carbocycles. The van der Waals surface area contributed by atoms with E-state index in [0.717, 1.165) is 0 Å². The molecule has 1 rings (SSSR count). The van der Waals surface area contributed by atoms with Crippen molar-refractivity contribution < 1.29 is 0 Å². The van der Waals surface area contributed by atoms with Crippen LogP contribution in [-0.4, -0.2) is 0 Å². The lowest BCUT2D eigenvalue weighted by molar-refractivity contribution is 1.10. The zero-order chi connectivity index (χ0) is 5.82. The van der Waals surface area contributed by atoms with Crippen molar-refractivity contribution in [3.05, 3.63) is 35.4 Å². The number of allylic oxidation sites excluding steroid dienone is 5. The van der Waals surface area contributed by atoms with Gasteiger partial charge < -0.3 is 0 Å². The third kappa shape index (κ3) is 1.34. The van der Waals surface area contributed by atoms with E-state index in [0.29, 0.717) is 5.92 Å². The van der Waals surface area contributed by atoms with Gasteiger partial charge >= 0.3 is 0 Å². The average Bonchev–Trinajstić information content (AvgIpc) is 2.19. The summed E-state index contributed by atoms with van der Waals surface area (Å²) in [6, 6.07) is 0. The average molecular weight is 171 g/mol. The quantitative estimate of drug-likeness (QED) is 0.568. The Morgan fingerprint density at radius 2 is 1.88 bits per heavy atom. The van der Waals surface area contributed by atoms with Crippen molar-refractivity contribution in [2.45, 2.75) is 0 Å². The molecule has 0 nitrogen and oxygen atoms in total. The topological polar surface area (TPSA) is 0 Å². The van der Waals surface area contributed by atoms with Crippen LogP contribution in [0.25, 0.3) is 0 Å².